The zero-order valence-electron chi connectivity index (χ0n) is 19.4. The molecule has 2 saturated heterocycles. The molecule has 0 spiro atoms. The van der Waals surface area contributed by atoms with Crippen molar-refractivity contribution in [2.45, 2.75) is 84.2 Å². The van der Waals surface area contributed by atoms with Gasteiger partial charge in [0.05, 0.1) is 0 Å². The first kappa shape index (κ1) is 23.6. The lowest BCUT2D eigenvalue weighted by Crippen LogP contribution is -2.58. The molecule has 5 nitrogen and oxygen atoms in total. The van der Waals surface area contributed by atoms with Crippen LogP contribution in [-0.4, -0.2) is 70.7 Å². The third kappa shape index (κ3) is 5.77. The lowest BCUT2D eigenvalue weighted by molar-refractivity contribution is -0.0145. The van der Waals surface area contributed by atoms with Crippen molar-refractivity contribution in [2.24, 2.45) is 0 Å². The van der Waals surface area contributed by atoms with Gasteiger partial charge in [-0.25, -0.2) is 4.79 Å². The summed E-state index contributed by atoms with van der Waals surface area (Å²) in [6.45, 7) is 16.7. The highest BCUT2D eigenvalue weighted by atomic mass is 79.9. The van der Waals surface area contributed by atoms with Gasteiger partial charge in [-0.15, -0.1) is 0 Å². The maximum Gasteiger partial charge on any atom is 0.410 e. The summed E-state index contributed by atoms with van der Waals surface area (Å²) in [4.78, 5) is 19.7. The molecule has 0 radical (unpaired) electrons. The SMILES string of the molecule is CC1CC(N2CCN([C@@H](C)c3ccc(Br)cc3)[C@H](C)C2)CCN1C(=O)OC(C)(C)C. The molecule has 0 saturated carbocycles. The molecule has 0 bridgehead atoms. The minimum Gasteiger partial charge on any atom is -0.444 e. The standard InChI is InChI=1S/C24H38BrN3O2/c1-17-15-22(11-12-28(17)23(29)30-24(4,5)6)26-13-14-27(18(2)16-26)19(3)20-7-9-21(25)10-8-20/h7-10,17-19,22H,11-16H2,1-6H3/t17?,18-,19+,22?/m1/s1. The summed E-state index contributed by atoms with van der Waals surface area (Å²) in [7, 11) is 0. The number of piperidine rings is 1. The van der Waals surface area contributed by atoms with E-state index in [1.54, 1.807) is 0 Å². The van der Waals surface area contributed by atoms with Gasteiger partial charge >= 0.3 is 6.09 Å². The second kappa shape index (κ2) is 9.58. The summed E-state index contributed by atoms with van der Waals surface area (Å²) in [5, 5.41) is 0. The summed E-state index contributed by atoms with van der Waals surface area (Å²) in [5.41, 5.74) is 0.933. The Bertz CT molecular complexity index is 718. The van der Waals surface area contributed by atoms with Crippen molar-refractivity contribution < 1.29 is 9.53 Å². The third-order valence-corrected chi connectivity index (χ3v) is 7.08. The van der Waals surface area contributed by atoms with Gasteiger partial charge in [-0.05, 0) is 72.1 Å². The number of likely N-dealkylation sites (tertiary alicyclic amines) is 1. The number of hydrogen-bond donors (Lipinski definition) is 0. The van der Waals surface area contributed by atoms with E-state index in [9.17, 15) is 4.79 Å². The zero-order chi connectivity index (χ0) is 22.1. The number of amides is 1. The first-order valence-corrected chi connectivity index (χ1v) is 12.1. The molecule has 1 aromatic carbocycles. The topological polar surface area (TPSA) is 36.0 Å². The molecule has 1 aromatic rings. The molecule has 2 heterocycles. The van der Waals surface area contributed by atoms with Crippen molar-refractivity contribution in [1.29, 1.82) is 0 Å². The van der Waals surface area contributed by atoms with Crippen LogP contribution in [0.1, 0.15) is 66.0 Å². The monoisotopic (exact) mass is 479 g/mol. The quantitative estimate of drug-likeness (QED) is 0.588. The smallest absolute Gasteiger partial charge is 0.410 e. The Labute approximate surface area is 190 Å². The van der Waals surface area contributed by atoms with Gasteiger partial charge in [-0.3, -0.25) is 9.80 Å². The van der Waals surface area contributed by atoms with Crippen molar-refractivity contribution in [3.8, 4) is 0 Å². The fourth-order valence-corrected chi connectivity index (χ4v) is 5.17. The van der Waals surface area contributed by atoms with E-state index < -0.39 is 5.60 Å². The molecule has 0 N–H and O–H groups in total. The second-order valence-electron chi connectivity index (χ2n) is 10.0. The Hall–Kier alpha value is -1.11. The van der Waals surface area contributed by atoms with Crippen molar-refractivity contribution in [3.05, 3.63) is 34.3 Å². The molecule has 1 amide bonds. The molecule has 4 atom stereocenters. The van der Waals surface area contributed by atoms with Crippen LogP contribution in [0.4, 0.5) is 4.79 Å². The summed E-state index contributed by atoms with van der Waals surface area (Å²) in [6, 6.07) is 10.4. The summed E-state index contributed by atoms with van der Waals surface area (Å²) >= 11 is 3.53. The van der Waals surface area contributed by atoms with Crippen LogP contribution in [0.5, 0.6) is 0 Å². The molecule has 2 unspecified atom stereocenters. The number of benzene rings is 1. The number of nitrogens with zero attached hydrogens (tertiary/aromatic N) is 3. The minimum atomic E-state index is -0.440. The number of carbonyl (C=O) groups is 1. The van der Waals surface area contributed by atoms with Crippen LogP contribution in [0.3, 0.4) is 0 Å². The van der Waals surface area contributed by atoms with Crippen LogP contribution in [0, 0.1) is 0 Å². The van der Waals surface area contributed by atoms with E-state index >= 15 is 0 Å². The lowest BCUT2D eigenvalue weighted by atomic mass is 9.95. The maximum atomic E-state index is 12.5. The van der Waals surface area contributed by atoms with E-state index in [1.807, 2.05) is 25.7 Å². The largest absolute Gasteiger partial charge is 0.444 e. The molecular formula is C24H38BrN3O2. The maximum absolute atomic E-state index is 12.5. The van der Waals surface area contributed by atoms with Gasteiger partial charge in [0, 0.05) is 54.8 Å². The fourth-order valence-electron chi connectivity index (χ4n) is 4.91. The Balaban J connectivity index is 1.54. The molecule has 168 valence electrons. The third-order valence-electron chi connectivity index (χ3n) is 6.55. The number of rotatable bonds is 3. The van der Waals surface area contributed by atoms with Crippen LogP contribution in [-0.2, 0) is 4.74 Å². The Morgan fingerprint density at radius 2 is 1.77 bits per heavy atom. The van der Waals surface area contributed by atoms with Crippen molar-refractivity contribution >= 4 is 22.0 Å². The van der Waals surface area contributed by atoms with E-state index in [1.165, 1.54) is 5.56 Å². The average Bonchev–Trinajstić information content (AvgIpc) is 2.66. The van der Waals surface area contributed by atoms with E-state index in [4.69, 9.17) is 4.74 Å². The minimum absolute atomic E-state index is 0.171. The van der Waals surface area contributed by atoms with Crippen LogP contribution >= 0.6 is 15.9 Å². The highest BCUT2D eigenvalue weighted by Gasteiger charge is 2.37. The highest BCUT2D eigenvalue weighted by molar-refractivity contribution is 9.10. The number of carbonyl (C=O) groups excluding carboxylic acids is 1. The number of hydrogen-bond acceptors (Lipinski definition) is 4. The van der Waals surface area contributed by atoms with E-state index in [0.717, 1.165) is 43.5 Å². The highest BCUT2D eigenvalue weighted by Crippen LogP contribution is 2.30. The Kier molecular flexibility index (Phi) is 7.52. The molecule has 2 aliphatic rings. The summed E-state index contributed by atoms with van der Waals surface area (Å²) in [6.07, 6.45) is 1.88. The fraction of sp³-hybridized carbons (Fsp3) is 0.708. The predicted octanol–water partition coefficient (Wildman–Crippen LogP) is 5.30. The normalized spacial score (nSPS) is 27.7. The van der Waals surface area contributed by atoms with E-state index in [2.05, 4.69) is 70.8 Å². The Morgan fingerprint density at radius 1 is 1.10 bits per heavy atom. The second-order valence-corrected chi connectivity index (χ2v) is 10.9. The van der Waals surface area contributed by atoms with Gasteiger partial charge < -0.3 is 9.64 Å². The molecule has 0 aliphatic carbocycles. The predicted molar refractivity (Wildman–Crippen MR) is 126 cm³/mol. The lowest BCUT2D eigenvalue weighted by Gasteiger charge is -2.48. The summed E-state index contributed by atoms with van der Waals surface area (Å²) < 4.78 is 6.73. The van der Waals surface area contributed by atoms with Crippen LogP contribution in [0.15, 0.2) is 28.7 Å². The molecule has 3 rings (SSSR count). The van der Waals surface area contributed by atoms with Crippen molar-refractivity contribution in [2.75, 3.05) is 26.2 Å². The molecular weight excluding hydrogens is 442 g/mol. The average molecular weight is 480 g/mol. The van der Waals surface area contributed by atoms with Gasteiger partial charge in [-0.2, -0.15) is 0 Å². The van der Waals surface area contributed by atoms with Crippen LogP contribution in [0.25, 0.3) is 0 Å². The molecule has 6 heteroatoms. The molecule has 2 fully saturated rings. The molecule has 0 aromatic heterocycles. The summed E-state index contributed by atoms with van der Waals surface area (Å²) in [5.74, 6) is 0. The van der Waals surface area contributed by atoms with E-state index in [0.29, 0.717) is 18.1 Å². The van der Waals surface area contributed by atoms with Gasteiger partial charge in [0.15, 0.2) is 0 Å². The zero-order valence-corrected chi connectivity index (χ0v) is 21.0. The number of ether oxygens (including phenoxy) is 1. The van der Waals surface area contributed by atoms with Crippen LogP contribution < -0.4 is 0 Å². The van der Waals surface area contributed by atoms with Gasteiger partial charge in [0.2, 0.25) is 0 Å². The van der Waals surface area contributed by atoms with E-state index in [-0.39, 0.29) is 12.1 Å². The van der Waals surface area contributed by atoms with Gasteiger partial charge in [0.25, 0.3) is 0 Å². The molecule has 30 heavy (non-hydrogen) atoms. The molecule has 2 aliphatic heterocycles. The van der Waals surface area contributed by atoms with Crippen molar-refractivity contribution in [3.63, 3.8) is 0 Å². The van der Waals surface area contributed by atoms with Gasteiger partial charge in [0.1, 0.15) is 5.60 Å². The first-order valence-electron chi connectivity index (χ1n) is 11.3. The number of halogens is 1. The van der Waals surface area contributed by atoms with Gasteiger partial charge in [-0.1, -0.05) is 28.1 Å². The Morgan fingerprint density at radius 3 is 2.33 bits per heavy atom. The van der Waals surface area contributed by atoms with Crippen molar-refractivity contribution in [1.82, 2.24) is 14.7 Å². The number of piperazine rings is 1. The first-order chi connectivity index (χ1) is 14.0. The van der Waals surface area contributed by atoms with Crippen LogP contribution in [0.2, 0.25) is 0 Å².